The molecule has 0 amide bonds. The average molecular weight is 464 g/mol. The van der Waals surface area contributed by atoms with Crippen molar-refractivity contribution in [1.82, 2.24) is 29.9 Å². The minimum atomic E-state index is -0.243. The molecule has 1 aliphatic heterocycles. The summed E-state index contributed by atoms with van der Waals surface area (Å²) in [5.41, 5.74) is 2.41. The highest BCUT2D eigenvalue weighted by atomic mass is 16.5. The molecule has 9 heteroatoms. The van der Waals surface area contributed by atoms with Crippen LogP contribution in [-0.2, 0) is 0 Å². The lowest BCUT2D eigenvalue weighted by Crippen LogP contribution is -2.47. The number of rotatable bonds is 8. The monoisotopic (exact) mass is 463 g/mol. The largest absolute Gasteiger partial charge is 0.495 e. The molecule has 1 N–H and O–H groups in total. The van der Waals surface area contributed by atoms with E-state index in [1.807, 2.05) is 31.5 Å². The van der Waals surface area contributed by atoms with Gasteiger partial charge in [-0.3, -0.25) is 9.78 Å². The van der Waals surface area contributed by atoms with E-state index in [9.17, 15) is 4.79 Å². The molecule has 5 rings (SSSR count). The summed E-state index contributed by atoms with van der Waals surface area (Å²) in [4.78, 5) is 19.5. The van der Waals surface area contributed by atoms with Crippen molar-refractivity contribution in [2.24, 2.45) is 5.92 Å². The molecule has 2 aliphatic rings. The van der Waals surface area contributed by atoms with Crippen molar-refractivity contribution in [2.45, 2.75) is 51.1 Å². The van der Waals surface area contributed by atoms with Crippen LogP contribution < -0.4 is 20.5 Å². The first-order valence-corrected chi connectivity index (χ1v) is 12.2. The van der Waals surface area contributed by atoms with Crippen molar-refractivity contribution in [1.29, 1.82) is 0 Å². The number of hydrogen-bond acceptors (Lipinski definition) is 7. The van der Waals surface area contributed by atoms with Crippen LogP contribution in [0.3, 0.4) is 0 Å². The Balaban J connectivity index is 1.27. The van der Waals surface area contributed by atoms with Crippen LogP contribution in [0.4, 0.5) is 5.69 Å². The minimum Gasteiger partial charge on any atom is -0.495 e. The molecule has 0 spiro atoms. The Morgan fingerprint density at radius 3 is 2.82 bits per heavy atom. The van der Waals surface area contributed by atoms with Gasteiger partial charge in [-0.15, -0.1) is 5.10 Å². The summed E-state index contributed by atoms with van der Waals surface area (Å²) in [7, 11) is 1.60. The Morgan fingerprint density at radius 2 is 2.06 bits per heavy atom. The number of ether oxygens (including phenoxy) is 1. The summed E-state index contributed by atoms with van der Waals surface area (Å²) >= 11 is 0. The first-order valence-electron chi connectivity index (χ1n) is 12.2. The summed E-state index contributed by atoms with van der Waals surface area (Å²) < 4.78 is 8.59. The zero-order valence-corrected chi connectivity index (χ0v) is 19.9. The second kappa shape index (κ2) is 9.97. The fourth-order valence-electron chi connectivity index (χ4n) is 4.79. The topological polar surface area (TPSA) is 90.1 Å². The van der Waals surface area contributed by atoms with Gasteiger partial charge in [0.2, 0.25) is 0 Å². The molecule has 0 radical (unpaired) electrons. The van der Waals surface area contributed by atoms with Crippen LogP contribution in [0.25, 0.3) is 5.69 Å². The van der Waals surface area contributed by atoms with Crippen molar-refractivity contribution < 1.29 is 4.74 Å². The molecular weight excluding hydrogens is 430 g/mol. The van der Waals surface area contributed by atoms with Crippen LogP contribution >= 0.6 is 0 Å². The molecule has 1 unspecified atom stereocenters. The number of anilines is 1. The van der Waals surface area contributed by atoms with Gasteiger partial charge in [-0.25, -0.2) is 4.68 Å². The lowest BCUT2D eigenvalue weighted by molar-refractivity contribution is 0.280. The SMILES string of the molecule is COc1cncc(-n2cc(C(C)n3ccc(N4CCC[C@@H](NCC5CCC5)C4)cc3=O)nn2)c1. The summed E-state index contributed by atoms with van der Waals surface area (Å²) in [5, 5.41) is 12.3. The minimum absolute atomic E-state index is 0.0350. The van der Waals surface area contributed by atoms with E-state index >= 15 is 0 Å². The van der Waals surface area contributed by atoms with Gasteiger partial charge in [0.05, 0.1) is 37.4 Å². The molecule has 0 aromatic carbocycles. The fourth-order valence-corrected chi connectivity index (χ4v) is 4.79. The molecule has 180 valence electrons. The van der Waals surface area contributed by atoms with Crippen LogP contribution in [0.5, 0.6) is 5.75 Å². The number of aromatic nitrogens is 5. The van der Waals surface area contributed by atoms with E-state index in [1.54, 1.807) is 34.8 Å². The van der Waals surface area contributed by atoms with E-state index < -0.39 is 0 Å². The van der Waals surface area contributed by atoms with Gasteiger partial charge >= 0.3 is 0 Å². The number of methoxy groups -OCH3 is 1. The zero-order chi connectivity index (χ0) is 23.5. The Morgan fingerprint density at radius 1 is 1.18 bits per heavy atom. The van der Waals surface area contributed by atoms with Gasteiger partial charge in [0, 0.05) is 43.1 Å². The van der Waals surface area contributed by atoms with Crippen LogP contribution in [0.2, 0.25) is 0 Å². The molecule has 9 nitrogen and oxygen atoms in total. The number of nitrogens with zero attached hydrogens (tertiary/aromatic N) is 6. The molecule has 3 aromatic heterocycles. The highest BCUT2D eigenvalue weighted by Gasteiger charge is 2.24. The van der Waals surface area contributed by atoms with Crippen LogP contribution in [-0.4, -0.2) is 57.3 Å². The molecule has 3 aromatic rings. The summed E-state index contributed by atoms with van der Waals surface area (Å²) in [6, 6.07) is 5.89. The van der Waals surface area contributed by atoms with Gasteiger partial charge in [-0.05, 0) is 51.1 Å². The van der Waals surface area contributed by atoms with Gasteiger partial charge in [-0.1, -0.05) is 11.6 Å². The molecular formula is C25H33N7O2. The fraction of sp³-hybridized carbons (Fsp3) is 0.520. The predicted molar refractivity (Wildman–Crippen MR) is 131 cm³/mol. The van der Waals surface area contributed by atoms with E-state index in [4.69, 9.17) is 4.74 Å². The van der Waals surface area contributed by atoms with Gasteiger partial charge in [0.25, 0.3) is 5.56 Å². The first-order chi connectivity index (χ1) is 16.6. The first kappa shape index (κ1) is 22.6. The number of piperidine rings is 1. The quantitative estimate of drug-likeness (QED) is 0.549. The maximum atomic E-state index is 13.0. The van der Waals surface area contributed by atoms with E-state index in [0.717, 1.165) is 43.3 Å². The highest BCUT2D eigenvalue weighted by Crippen LogP contribution is 2.26. The third-order valence-electron chi connectivity index (χ3n) is 7.19. The number of pyridine rings is 2. The third-order valence-corrected chi connectivity index (χ3v) is 7.19. The summed E-state index contributed by atoms with van der Waals surface area (Å²) in [5.74, 6) is 1.51. The Hall–Kier alpha value is -3.20. The molecule has 34 heavy (non-hydrogen) atoms. The highest BCUT2D eigenvalue weighted by molar-refractivity contribution is 5.45. The maximum Gasteiger partial charge on any atom is 0.253 e. The van der Waals surface area contributed by atoms with Gasteiger partial charge in [-0.2, -0.15) is 0 Å². The summed E-state index contributed by atoms with van der Waals surface area (Å²) in [6.45, 7) is 5.03. The molecule has 2 atom stereocenters. The normalized spacial score (nSPS) is 19.6. The van der Waals surface area contributed by atoms with Crippen molar-refractivity contribution >= 4 is 5.69 Å². The molecule has 1 aliphatic carbocycles. The average Bonchev–Trinajstić information content (AvgIpc) is 3.33. The zero-order valence-electron chi connectivity index (χ0n) is 19.9. The van der Waals surface area contributed by atoms with Crippen LogP contribution in [0, 0.1) is 5.92 Å². The molecule has 1 saturated heterocycles. The molecule has 4 heterocycles. The van der Waals surface area contributed by atoms with E-state index in [1.165, 1.54) is 25.7 Å². The van der Waals surface area contributed by atoms with Gasteiger partial charge < -0.3 is 19.5 Å². The second-order valence-electron chi connectivity index (χ2n) is 9.47. The number of nitrogens with one attached hydrogen (secondary N) is 1. The van der Waals surface area contributed by atoms with Gasteiger partial charge in [0.15, 0.2) is 0 Å². The Kier molecular flexibility index (Phi) is 6.62. The second-order valence-corrected chi connectivity index (χ2v) is 9.47. The van der Waals surface area contributed by atoms with Crippen LogP contribution in [0.1, 0.15) is 50.8 Å². The molecule has 2 fully saturated rings. The van der Waals surface area contributed by atoms with E-state index in [-0.39, 0.29) is 11.6 Å². The van der Waals surface area contributed by atoms with E-state index in [2.05, 4.69) is 25.5 Å². The van der Waals surface area contributed by atoms with Crippen molar-refractivity contribution in [3.05, 3.63) is 59.0 Å². The smallest absolute Gasteiger partial charge is 0.253 e. The maximum absolute atomic E-state index is 13.0. The Labute approximate surface area is 199 Å². The Bertz CT molecular complexity index is 1170. The van der Waals surface area contributed by atoms with Crippen molar-refractivity contribution in [3.8, 4) is 11.4 Å². The van der Waals surface area contributed by atoms with Gasteiger partial charge in [0.1, 0.15) is 11.4 Å². The standard InChI is InChI=1S/C25H33N7O2/c1-18(24-17-32(29-28-24)22-11-23(34-2)15-26-14-22)31-10-8-21(12-25(31)33)30-9-4-7-20(16-30)27-13-19-5-3-6-19/h8,10-12,14-15,17-20,27H,3-7,9,13,16H2,1-2H3/t18?,20-/m1/s1. The van der Waals surface area contributed by atoms with Crippen molar-refractivity contribution in [3.63, 3.8) is 0 Å². The lowest BCUT2D eigenvalue weighted by Gasteiger charge is -2.36. The third kappa shape index (κ3) is 4.84. The van der Waals surface area contributed by atoms with Crippen molar-refractivity contribution in [2.75, 3.05) is 31.6 Å². The number of hydrogen-bond donors (Lipinski definition) is 1. The van der Waals surface area contributed by atoms with E-state index in [0.29, 0.717) is 17.5 Å². The summed E-state index contributed by atoms with van der Waals surface area (Å²) in [6.07, 6.45) is 13.5. The lowest BCUT2D eigenvalue weighted by atomic mass is 9.85. The predicted octanol–water partition coefficient (Wildman–Crippen LogP) is 2.80. The van der Waals surface area contributed by atoms with Crippen LogP contribution in [0.15, 0.2) is 47.8 Å². The molecule has 1 saturated carbocycles. The molecule has 0 bridgehead atoms.